The van der Waals surface area contributed by atoms with E-state index in [-0.39, 0.29) is 5.56 Å². The maximum Gasteiger partial charge on any atom is 0.254 e. The largest absolute Gasteiger partial charge is 0.290 e. The number of benzene rings is 2. The minimum absolute atomic E-state index is 0.0784. The molecule has 22 heavy (non-hydrogen) atoms. The molecule has 0 unspecified atom stereocenters. The molecule has 0 radical (unpaired) electrons. The summed E-state index contributed by atoms with van der Waals surface area (Å²) in [4.78, 5) is 17.8. The number of hydrogen-bond acceptors (Lipinski definition) is 3. The summed E-state index contributed by atoms with van der Waals surface area (Å²) in [6.45, 7) is 0. The molecule has 0 aliphatic heterocycles. The Balaban J connectivity index is 2.02. The zero-order chi connectivity index (χ0) is 15.5. The first-order valence-corrected chi connectivity index (χ1v) is 7.90. The molecule has 0 spiro atoms. The molecule has 2 aromatic carbocycles. The maximum atomic E-state index is 12.2. The standard InChI is InChI=1S/C17H13ClN2OS/c1-20-16(21)11-15(12-5-3-2-4-6-12)19-17(20)22-14-9-7-13(18)8-10-14/h2-11H,1H3. The Morgan fingerprint density at radius 3 is 2.41 bits per heavy atom. The zero-order valence-electron chi connectivity index (χ0n) is 11.9. The number of nitrogens with zero attached hydrogens (tertiary/aromatic N) is 2. The van der Waals surface area contributed by atoms with Crippen LogP contribution in [0, 0.1) is 0 Å². The van der Waals surface area contributed by atoms with Gasteiger partial charge in [0.2, 0.25) is 0 Å². The summed E-state index contributed by atoms with van der Waals surface area (Å²) in [5.74, 6) is 0. The van der Waals surface area contributed by atoms with E-state index in [9.17, 15) is 4.79 Å². The first kappa shape index (κ1) is 14.9. The van der Waals surface area contributed by atoms with E-state index >= 15 is 0 Å². The van der Waals surface area contributed by atoms with Gasteiger partial charge in [-0.1, -0.05) is 53.7 Å². The average molecular weight is 329 g/mol. The van der Waals surface area contributed by atoms with Crippen molar-refractivity contribution in [2.24, 2.45) is 7.05 Å². The van der Waals surface area contributed by atoms with Crippen molar-refractivity contribution in [1.82, 2.24) is 9.55 Å². The zero-order valence-corrected chi connectivity index (χ0v) is 13.4. The van der Waals surface area contributed by atoms with Gasteiger partial charge < -0.3 is 0 Å². The second-order valence-corrected chi connectivity index (χ2v) is 6.22. The van der Waals surface area contributed by atoms with Gasteiger partial charge in [-0.2, -0.15) is 0 Å². The van der Waals surface area contributed by atoms with Gasteiger partial charge >= 0.3 is 0 Å². The lowest BCUT2D eigenvalue weighted by molar-refractivity contribution is 0.711. The summed E-state index contributed by atoms with van der Waals surface area (Å²) in [7, 11) is 1.72. The van der Waals surface area contributed by atoms with E-state index in [2.05, 4.69) is 4.98 Å². The molecular weight excluding hydrogens is 316 g/mol. The van der Waals surface area contributed by atoms with E-state index in [4.69, 9.17) is 11.6 Å². The number of rotatable bonds is 3. The third kappa shape index (κ3) is 3.24. The molecule has 0 saturated carbocycles. The molecule has 0 amide bonds. The third-order valence-corrected chi connectivity index (χ3v) is 4.49. The van der Waals surface area contributed by atoms with Gasteiger partial charge in [-0.05, 0) is 24.3 Å². The summed E-state index contributed by atoms with van der Waals surface area (Å²) in [5, 5.41) is 1.33. The summed E-state index contributed by atoms with van der Waals surface area (Å²) < 4.78 is 1.55. The van der Waals surface area contributed by atoms with Crippen LogP contribution in [0.25, 0.3) is 11.3 Å². The minimum atomic E-state index is -0.0784. The van der Waals surface area contributed by atoms with Crippen LogP contribution in [0.1, 0.15) is 0 Å². The van der Waals surface area contributed by atoms with Gasteiger partial charge in [0.1, 0.15) is 0 Å². The van der Waals surface area contributed by atoms with E-state index in [1.54, 1.807) is 17.7 Å². The fraction of sp³-hybridized carbons (Fsp3) is 0.0588. The lowest BCUT2D eigenvalue weighted by Crippen LogP contribution is -2.19. The van der Waals surface area contributed by atoms with E-state index in [0.717, 1.165) is 10.5 Å². The fourth-order valence-electron chi connectivity index (χ4n) is 1.97. The van der Waals surface area contributed by atoms with E-state index in [0.29, 0.717) is 15.9 Å². The van der Waals surface area contributed by atoms with Gasteiger partial charge in [0.15, 0.2) is 5.16 Å². The van der Waals surface area contributed by atoms with Crippen molar-refractivity contribution in [3.05, 3.63) is 76.0 Å². The summed E-state index contributed by atoms with van der Waals surface area (Å²) in [5.41, 5.74) is 1.53. The van der Waals surface area contributed by atoms with Crippen LogP contribution in [0.3, 0.4) is 0 Å². The van der Waals surface area contributed by atoms with Crippen molar-refractivity contribution in [3.63, 3.8) is 0 Å². The molecule has 110 valence electrons. The molecule has 0 bridgehead atoms. The van der Waals surface area contributed by atoms with E-state index in [1.807, 2.05) is 54.6 Å². The van der Waals surface area contributed by atoms with Gasteiger partial charge in [0, 0.05) is 28.6 Å². The molecule has 1 aromatic heterocycles. The molecule has 3 aromatic rings. The summed E-state index contributed by atoms with van der Waals surface area (Å²) in [6, 6.07) is 18.7. The summed E-state index contributed by atoms with van der Waals surface area (Å²) in [6.07, 6.45) is 0. The van der Waals surface area contributed by atoms with Crippen LogP contribution in [-0.4, -0.2) is 9.55 Å². The van der Waals surface area contributed by atoms with Crippen molar-refractivity contribution in [3.8, 4) is 11.3 Å². The second kappa shape index (κ2) is 6.38. The predicted molar refractivity (Wildman–Crippen MR) is 90.5 cm³/mol. The fourth-order valence-corrected chi connectivity index (χ4v) is 2.95. The Kier molecular flexibility index (Phi) is 4.32. The number of hydrogen-bond donors (Lipinski definition) is 0. The van der Waals surface area contributed by atoms with Gasteiger partial charge in [0.25, 0.3) is 5.56 Å². The maximum absolute atomic E-state index is 12.2. The van der Waals surface area contributed by atoms with Crippen LogP contribution in [0.2, 0.25) is 5.02 Å². The lowest BCUT2D eigenvalue weighted by atomic mass is 10.1. The molecular formula is C17H13ClN2OS. The van der Waals surface area contributed by atoms with Crippen molar-refractivity contribution in [2.45, 2.75) is 10.1 Å². The normalized spacial score (nSPS) is 10.6. The highest BCUT2D eigenvalue weighted by Gasteiger charge is 2.09. The molecule has 0 atom stereocenters. The molecule has 5 heteroatoms. The quantitative estimate of drug-likeness (QED) is 0.674. The van der Waals surface area contributed by atoms with Crippen LogP contribution in [0.15, 0.2) is 75.5 Å². The Hall–Kier alpha value is -2.04. The smallest absolute Gasteiger partial charge is 0.254 e. The van der Waals surface area contributed by atoms with Gasteiger partial charge in [-0.3, -0.25) is 9.36 Å². The molecule has 0 saturated heterocycles. The van der Waals surface area contributed by atoms with Gasteiger partial charge in [-0.15, -0.1) is 0 Å². The SMILES string of the molecule is Cn1c(Sc2ccc(Cl)cc2)nc(-c2ccccc2)cc1=O. The summed E-state index contributed by atoms with van der Waals surface area (Å²) >= 11 is 7.34. The minimum Gasteiger partial charge on any atom is -0.290 e. The van der Waals surface area contributed by atoms with Gasteiger partial charge in [0.05, 0.1) is 5.69 Å². The highest BCUT2D eigenvalue weighted by atomic mass is 35.5. The molecule has 0 N–H and O–H groups in total. The van der Waals surface area contributed by atoms with Crippen molar-refractivity contribution in [2.75, 3.05) is 0 Å². The monoisotopic (exact) mass is 328 g/mol. The molecule has 0 fully saturated rings. The van der Waals surface area contributed by atoms with Gasteiger partial charge in [-0.25, -0.2) is 4.98 Å². The van der Waals surface area contributed by atoms with Crippen LogP contribution in [0.4, 0.5) is 0 Å². The van der Waals surface area contributed by atoms with Crippen LogP contribution < -0.4 is 5.56 Å². The van der Waals surface area contributed by atoms with E-state index in [1.165, 1.54) is 11.8 Å². The van der Waals surface area contributed by atoms with Crippen molar-refractivity contribution in [1.29, 1.82) is 0 Å². The topological polar surface area (TPSA) is 34.9 Å². The Labute approximate surface area is 137 Å². The lowest BCUT2D eigenvalue weighted by Gasteiger charge is -2.09. The van der Waals surface area contributed by atoms with Crippen LogP contribution >= 0.6 is 23.4 Å². The highest BCUT2D eigenvalue weighted by Crippen LogP contribution is 2.27. The van der Waals surface area contributed by atoms with E-state index < -0.39 is 0 Å². The second-order valence-electron chi connectivity index (χ2n) is 4.74. The third-order valence-electron chi connectivity index (χ3n) is 3.19. The first-order valence-electron chi connectivity index (χ1n) is 6.70. The Morgan fingerprint density at radius 1 is 1.05 bits per heavy atom. The van der Waals surface area contributed by atoms with Crippen molar-refractivity contribution >= 4 is 23.4 Å². The molecule has 1 heterocycles. The van der Waals surface area contributed by atoms with Crippen molar-refractivity contribution < 1.29 is 0 Å². The number of halogens is 1. The predicted octanol–water partition coefficient (Wildman–Crippen LogP) is 4.25. The van der Waals surface area contributed by atoms with Crippen LogP contribution in [-0.2, 0) is 7.05 Å². The molecule has 3 nitrogen and oxygen atoms in total. The number of aromatic nitrogens is 2. The molecule has 3 rings (SSSR count). The Morgan fingerprint density at radius 2 is 1.73 bits per heavy atom. The molecule has 0 aliphatic rings. The Bertz CT molecular complexity index is 845. The first-order chi connectivity index (χ1) is 10.6. The average Bonchev–Trinajstić information content (AvgIpc) is 2.54. The van der Waals surface area contributed by atoms with Crippen LogP contribution in [0.5, 0.6) is 0 Å². The highest BCUT2D eigenvalue weighted by molar-refractivity contribution is 7.99. The molecule has 0 aliphatic carbocycles.